The van der Waals surface area contributed by atoms with Gasteiger partial charge in [-0.1, -0.05) is 33.1 Å². The molecule has 2 aromatic carbocycles. The summed E-state index contributed by atoms with van der Waals surface area (Å²) in [5.74, 6) is 3.90. The van der Waals surface area contributed by atoms with E-state index in [0.717, 1.165) is 60.7 Å². The highest BCUT2D eigenvalue weighted by molar-refractivity contribution is 5.99. The van der Waals surface area contributed by atoms with E-state index in [1.54, 1.807) is 27.4 Å². The van der Waals surface area contributed by atoms with Gasteiger partial charge in [0.25, 0.3) is 0 Å². The molecule has 0 radical (unpaired) electrons. The maximum atomic E-state index is 12.6. The molecule has 2 fully saturated rings. The fraction of sp³-hybridized carbons (Fsp3) is 0.513. The van der Waals surface area contributed by atoms with E-state index >= 15 is 0 Å². The molecule has 256 valence electrons. The van der Waals surface area contributed by atoms with Gasteiger partial charge in [-0.25, -0.2) is 0 Å². The number of allylic oxidation sites excluding steroid dienone is 2. The Morgan fingerprint density at radius 1 is 0.812 bits per heavy atom. The van der Waals surface area contributed by atoms with Crippen LogP contribution in [0.1, 0.15) is 49.9 Å². The Kier molecular flexibility index (Phi) is 7.41. The number of likely N-dealkylation sites (tertiary alicyclic amines) is 2. The van der Waals surface area contributed by atoms with E-state index in [1.165, 1.54) is 22.8 Å². The normalized spacial score (nSPS) is 35.1. The smallest absolute Gasteiger partial charge is 0.196 e. The third-order valence-corrected chi connectivity index (χ3v) is 12.5. The summed E-state index contributed by atoms with van der Waals surface area (Å²) < 4.78 is 29.3. The Morgan fingerprint density at radius 2 is 1.46 bits per heavy atom. The zero-order valence-electron chi connectivity index (χ0n) is 27.0. The molecule has 9 heteroatoms. The predicted octanol–water partition coefficient (Wildman–Crippen LogP) is 4.52. The summed E-state index contributed by atoms with van der Waals surface area (Å²) in [4.78, 5) is 17.2. The molecule has 4 heterocycles. The van der Waals surface area contributed by atoms with Gasteiger partial charge in [0.1, 0.15) is 11.4 Å². The lowest BCUT2D eigenvalue weighted by Crippen LogP contribution is -2.74. The second-order valence-electron chi connectivity index (χ2n) is 14.1. The summed E-state index contributed by atoms with van der Waals surface area (Å²) in [7, 11) is 9.33. The molecule has 1 N–H and O–H groups in total. The second-order valence-corrected chi connectivity index (χ2v) is 14.1. The van der Waals surface area contributed by atoms with Crippen LogP contribution < -0.4 is 18.9 Å². The quantitative estimate of drug-likeness (QED) is 0.513. The van der Waals surface area contributed by atoms with Gasteiger partial charge in [-0.15, -0.1) is 0 Å². The number of piperidine rings is 2. The van der Waals surface area contributed by atoms with E-state index in [-0.39, 0.29) is 38.2 Å². The minimum Gasteiger partial charge on any atom is -0.497 e. The Bertz CT molecular complexity index is 1800. The van der Waals surface area contributed by atoms with Gasteiger partial charge in [0.15, 0.2) is 41.0 Å². The minimum atomic E-state index is -1.08. The summed E-state index contributed by atoms with van der Waals surface area (Å²) in [6.45, 7) is 1.92. The van der Waals surface area contributed by atoms with E-state index in [9.17, 15) is 9.90 Å². The van der Waals surface area contributed by atoms with Crippen LogP contribution in [0.25, 0.3) is 0 Å². The van der Waals surface area contributed by atoms with Crippen LogP contribution in [0.3, 0.4) is 0 Å². The molecule has 48 heavy (non-hydrogen) atoms. The van der Waals surface area contributed by atoms with Crippen molar-refractivity contribution >= 4 is 5.78 Å². The van der Waals surface area contributed by atoms with Crippen molar-refractivity contribution in [1.29, 1.82) is 0 Å². The van der Waals surface area contributed by atoms with Crippen molar-refractivity contribution in [2.24, 2.45) is 0 Å². The summed E-state index contributed by atoms with van der Waals surface area (Å²) >= 11 is 0. The molecule has 2 aromatic rings. The Balaban J connectivity index is 0.000000146. The average Bonchev–Trinajstić information content (AvgIpc) is 3.61. The zero-order valence-corrected chi connectivity index (χ0v) is 27.0. The van der Waals surface area contributed by atoms with Crippen LogP contribution in [0.15, 0.2) is 59.9 Å². The summed E-state index contributed by atoms with van der Waals surface area (Å²) in [5.41, 5.74) is 4.54. The number of likely N-dealkylation sites (N-methyl/N-ethyl adjacent to an activating group) is 2. The maximum Gasteiger partial charge on any atom is 0.196 e. The lowest BCUT2D eigenvalue weighted by Gasteiger charge is -2.60. The van der Waals surface area contributed by atoms with Crippen LogP contribution >= 0.6 is 0 Å². The number of nitrogens with zero attached hydrogens (tertiary/aromatic N) is 2. The zero-order chi connectivity index (χ0) is 31.7. The van der Waals surface area contributed by atoms with Crippen molar-refractivity contribution in [3.8, 4) is 23.0 Å². The number of hydrogen-bond acceptors (Lipinski definition) is 9. The van der Waals surface area contributed by atoms with Gasteiger partial charge in [-0.05, 0) is 99.9 Å². The Hall–Kier alpha value is -3.79. The van der Waals surface area contributed by atoms with Crippen molar-refractivity contribution in [3.05, 3.63) is 82.2 Å². The molecule has 4 aliphatic carbocycles. The number of carbonyl (C=O) groups is 1. The lowest BCUT2D eigenvalue weighted by atomic mass is 9.51. The van der Waals surface area contributed by atoms with Crippen LogP contribution in [-0.4, -0.2) is 99.1 Å². The van der Waals surface area contributed by atoms with Gasteiger partial charge in [0.05, 0.1) is 32.2 Å². The van der Waals surface area contributed by atoms with Crippen molar-refractivity contribution in [2.75, 3.05) is 48.5 Å². The third kappa shape index (κ3) is 3.65. The summed E-state index contributed by atoms with van der Waals surface area (Å²) in [6.07, 6.45) is 10.4. The number of methoxy groups -OCH3 is 3. The Morgan fingerprint density at radius 3 is 2.15 bits per heavy atom. The lowest BCUT2D eigenvalue weighted by molar-refractivity contribution is -0.151. The molecule has 8 aliphatic rings. The van der Waals surface area contributed by atoms with Gasteiger partial charge in [0.2, 0.25) is 0 Å². The number of aliphatic hydroxyl groups is 1. The van der Waals surface area contributed by atoms with E-state index < -0.39 is 17.1 Å². The molecule has 4 aliphatic heterocycles. The highest BCUT2D eigenvalue weighted by Crippen LogP contribution is 2.64. The first-order chi connectivity index (χ1) is 22.2. The summed E-state index contributed by atoms with van der Waals surface area (Å²) in [6, 6.07) is 8.64. The molecule has 7 atom stereocenters. The van der Waals surface area contributed by atoms with Crippen LogP contribution in [-0.2, 0) is 33.2 Å². The number of benzene rings is 2. The molecule has 10 rings (SSSR count). The molecule has 3 unspecified atom stereocenters. The number of rotatable bonds is 3. The first-order valence-corrected chi connectivity index (χ1v) is 16.3. The van der Waals surface area contributed by atoms with Crippen LogP contribution in [0, 0.1) is 0 Å². The van der Waals surface area contributed by atoms with Gasteiger partial charge in [0, 0.05) is 23.2 Å². The molecule has 0 amide bonds. The third-order valence-electron chi connectivity index (χ3n) is 12.5. The van der Waals surface area contributed by atoms with Crippen LogP contribution in [0.4, 0.5) is 0 Å². The highest BCUT2D eigenvalue weighted by atomic mass is 16.6. The van der Waals surface area contributed by atoms with Gasteiger partial charge in [-0.2, -0.15) is 0 Å². The predicted molar refractivity (Wildman–Crippen MR) is 183 cm³/mol. The van der Waals surface area contributed by atoms with Gasteiger partial charge in [-0.3, -0.25) is 14.6 Å². The second kappa shape index (κ2) is 10.9. The van der Waals surface area contributed by atoms with E-state index in [1.807, 2.05) is 19.2 Å². The first kappa shape index (κ1) is 32.7. The number of hydrogen-bond donors (Lipinski definition) is 1. The largest absolute Gasteiger partial charge is 0.497 e. The highest BCUT2D eigenvalue weighted by Gasteiger charge is 2.71. The molecular weight excluding hydrogens is 608 g/mol. The fourth-order valence-corrected chi connectivity index (χ4v) is 10.4. The summed E-state index contributed by atoms with van der Waals surface area (Å²) in [5, 5.41) is 11.7. The average molecular weight is 657 g/mol. The standard InChI is InChI=1S/C19H21NO3.C18H19NO4.2CH4/c1-20-9-8-19-12-5-7-15(22-3)18(19)23-17-14(21-2)6-4-11(16(17)19)10-13(12)20;1-19-8-7-17-14-10-3-4-12(22-2)15(14)23-16(17)11(20)5-6-18(17,21)13(19)9-10;;/h4-7,13,18H,8-10H2,1-3H3;3-6,13,16,21H,7-9H2,1-2H3;2*1H4/t13-,18?,19+;13-,16?,17+,18?;;/m11../s1. The van der Waals surface area contributed by atoms with Crippen molar-refractivity contribution in [1.82, 2.24) is 9.80 Å². The Labute approximate surface area is 283 Å². The maximum absolute atomic E-state index is 12.6. The van der Waals surface area contributed by atoms with Gasteiger partial charge < -0.3 is 28.8 Å². The fourth-order valence-electron chi connectivity index (χ4n) is 10.4. The van der Waals surface area contributed by atoms with Crippen LogP contribution in [0.2, 0.25) is 0 Å². The van der Waals surface area contributed by atoms with Crippen molar-refractivity contribution in [3.63, 3.8) is 0 Å². The molecular formula is C39H48N2O7. The number of ether oxygens (including phenoxy) is 5. The van der Waals surface area contributed by atoms with Crippen molar-refractivity contribution < 1.29 is 33.6 Å². The van der Waals surface area contributed by atoms with E-state index in [2.05, 4.69) is 41.1 Å². The van der Waals surface area contributed by atoms with Crippen molar-refractivity contribution in [2.45, 2.75) is 81.3 Å². The number of carbonyl (C=O) groups excluding carboxylic acids is 1. The molecule has 2 saturated heterocycles. The molecule has 9 nitrogen and oxygen atoms in total. The topological polar surface area (TPSA) is 89.9 Å². The molecule has 0 saturated carbocycles. The molecule has 0 aromatic heterocycles. The first-order valence-electron chi connectivity index (χ1n) is 16.3. The minimum absolute atomic E-state index is 0. The van der Waals surface area contributed by atoms with Crippen LogP contribution in [0.5, 0.6) is 23.0 Å². The molecule has 2 spiro atoms. The number of ketones is 1. The monoisotopic (exact) mass is 656 g/mol. The van der Waals surface area contributed by atoms with Gasteiger partial charge >= 0.3 is 0 Å². The van der Waals surface area contributed by atoms with E-state index in [4.69, 9.17) is 23.7 Å². The molecule has 4 bridgehead atoms. The SMILES string of the molecule is C.C.COC1=CC=C2[C@H]3Cc4ccc(OC)c5c4[C@@]2(CCN3C)C1O5.COc1ccc2c3c1OC1C(=O)C=CC4(O)[C@@H](C2)N(C)CC[C@]314. The van der Waals surface area contributed by atoms with E-state index in [0.29, 0.717) is 24.0 Å².